The predicted octanol–water partition coefficient (Wildman–Crippen LogP) is 3.97. The molecule has 1 amide bonds. The number of nitrogens with one attached hydrogen (secondary N) is 1. The van der Waals surface area contributed by atoms with Gasteiger partial charge in [-0.05, 0) is 35.2 Å². The minimum absolute atomic E-state index is 0.0267. The second kappa shape index (κ2) is 8.21. The van der Waals surface area contributed by atoms with Crippen LogP contribution in [0.1, 0.15) is 16.2 Å². The highest BCUT2D eigenvalue weighted by Crippen LogP contribution is 2.25. The topological polar surface area (TPSA) is 103 Å². The maximum Gasteiger partial charge on any atom is 0.291 e. The van der Waals surface area contributed by atoms with Crippen LogP contribution < -0.4 is 5.32 Å². The van der Waals surface area contributed by atoms with Crippen molar-refractivity contribution in [2.24, 2.45) is 0 Å². The van der Waals surface area contributed by atoms with E-state index in [2.05, 4.69) is 15.4 Å². The van der Waals surface area contributed by atoms with Crippen LogP contribution in [0.2, 0.25) is 0 Å². The number of carbonyl (C=O) groups excluding carboxylic acids is 1. The molecule has 2 aromatic carbocycles. The number of nitro benzene ring substituents is 1. The minimum Gasteiger partial charge on any atom is -0.345 e. The van der Waals surface area contributed by atoms with Crippen LogP contribution in [-0.2, 0) is 6.54 Å². The van der Waals surface area contributed by atoms with E-state index in [4.69, 9.17) is 0 Å². The lowest BCUT2D eigenvalue weighted by Gasteiger charge is -2.04. The predicted molar refractivity (Wildman–Crippen MR) is 109 cm³/mol. The van der Waals surface area contributed by atoms with E-state index in [-0.39, 0.29) is 18.1 Å². The van der Waals surface area contributed by atoms with Crippen LogP contribution in [0.15, 0.2) is 66.0 Å². The number of thiophene rings is 1. The molecular formula is C20H14FN5O3S. The largest absolute Gasteiger partial charge is 0.345 e. The molecule has 0 aliphatic carbocycles. The molecule has 1 N–H and O–H groups in total. The van der Waals surface area contributed by atoms with Crippen molar-refractivity contribution < 1.29 is 14.1 Å². The molecule has 8 nitrogen and oxygen atoms in total. The zero-order valence-corrected chi connectivity index (χ0v) is 16.2. The van der Waals surface area contributed by atoms with Crippen LogP contribution in [0.5, 0.6) is 0 Å². The van der Waals surface area contributed by atoms with Crippen molar-refractivity contribution in [3.63, 3.8) is 0 Å². The lowest BCUT2D eigenvalue weighted by atomic mass is 10.2. The first-order valence-electron chi connectivity index (χ1n) is 8.79. The SMILES string of the molecule is O=C(NCc1ccc([N+](=O)[O-])cc1)c1nc(-c2cccs2)n(-c2cccc(F)c2)n1. The van der Waals surface area contributed by atoms with E-state index in [1.54, 1.807) is 24.3 Å². The van der Waals surface area contributed by atoms with Gasteiger partial charge in [0.15, 0.2) is 5.82 Å². The smallest absolute Gasteiger partial charge is 0.291 e. The van der Waals surface area contributed by atoms with Crippen molar-refractivity contribution in [3.05, 3.63) is 93.4 Å². The zero-order valence-electron chi connectivity index (χ0n) is 15.4. The zero-order chi connectivity index (χ0) is 21.1. The standard InChI is InChI=1S/C20H14FN5O3S/c21-14-3-1-4-16(11-14)25-19(17-5-2-10-30-17)23-18(24-25)20(27)22-12-13-6-8-15(9-7-13)26(28)29/h1-11H,12H2,(H,22,27). The van der Waals surface area contributed by atoms with Crippen LogP contribution in [0.25, 0.3) is 16.4 Å². The van der Waals surface area contributed by atoms with E-state index in [1.807, 2.05) is 17.5 Å². The Hall–Kier alpha value is -3.92. The first-order valence-corrected chi connectivity index (χ1v) is 9.67. The molecular weight excluding hydrogens is 409 g/mol. The molecule has 2 aromatic heterocycles. The lowest BCUT2D eigenvalue weighted by molar-refractivity contribution is -0.384. The number of hydrogen-bond donors (Lipinski definition) is 1. The van der Waals surface area contributed by atoms with Gasteiger partial charge in [-0.1, -0.05) is 24.3 Å². The molecule has 0 atom stereocenters. The Labute approximate surface area is 173 Å². The average Bonchev–Trinajstić information content (AvgIpc) is 3.42. The van der Waals surface area contributed by atoms with Gasteiger partial charge in [0.05, 0.1) is 15.5 Å². The first-order chi connectivity index (χ1) is 14.5. The Morgan fingerprint density at radius 3 is 2.63 bits per heavy atom. The highest BCUT2D eigenvalue weighted by atomic mass is 32.1. The van der Waals surface area contributed by atoms with E-state index in [0.717, 1.165) is 4.88 Å². The van der Waals surface area contributed by atoms with E-state index < -0.39 is 16.6 Å². The van der Waals surface area contributed by atoms with Crippen molar-refractivity contribution >= 4 is 22.9 Å². The summed E-state index contributed by atoms with van der Waals surface area (Å²) in [6.07, 6.45) is 0. The summed E-state index contributed by atoms with van der Waals surface area (Å²) < 4.78 is 15.1. The number of rotatable bonds is 6. The molecule has 0 bridgehead atoms. The van der Waals surface area contributed by atoms with Gasteiger partial charge >= 0.3 is 0 Å². The fraction of sp³-hybridized carbons (Fsp3) is 0.0500. The molecule has 4 rings (SSSR count). The van der Waals surface area contributed by atoms with Gasteiger partial charge in [-0.15, -0.1) is 16.4 Å². The van der Waals surface area contributed by atoms with Crippen molar-refractivity contribution in [2.45, 2.75) is 6.54 Å². The van der Waals surface area contributed by atoms with Crippen LogP contribution in [0, 0.1) is 15.9 Å². The highest BCUT2D eigenvalue weighted by molar-refractivity contribution is 7.13. The molecule has 0 aliphatic rings. The van der Waals surface area contributed by atoms with Gasteiger partial charge in [0.2, 0.25) is 5.82 Å². The van der Waals surface area contributed by atoms with Crippen LogP contribution >= 0.6 is 11.3 Å². The van der Waals surface area contributed by atoms with Gasteiger partial charge in [0.1, 0.15) is 5.82 Å². The maximum atomic E-state index is 13.7. The van der Waals surface area contributed by atoms with Crippen LogP contribution in [0.3, 0.4) is 0 Å². The average molecular weight is 423 g/mol. The summed E-state index contributed by atoms with van der Waals surface area (Å²) >= 11 is 1.42. The maximum absolute atomic E-state index is 13.7. The van der Waals surface area contributed by atoms with E-state index in [0.29, 0.717) is 17.1 Å². The molecule has 0 saturated carbocycles. The fourth-order valence-corrected chi connectivity index (χ4v) is 3.46. The molecule has 0 unspecified atom stereocenters. The van der Waals surface area contributed by atoms with Gasteiger partial charge < -0.3 is 5.32 Å². The lowest BCUT2D eigenvalue weighted by Crippen LogP contribution is -2.24. The summed E-state index contributed by atoms with van der Waals surface area (Å²) in [5.74, 6) is -0.578. The highest BCUT2D eigenvalue weighted by Gasteiger charge is 2.19. The molecule has 0 saturated heterocycles. The number of hydrogen-bond acceptors (Lipinski definition) is 6. The Morgan fingerprint density at radius 2 is 1.97 bits per heavy atom. The molecule has 30 heavy (non-hydrogen) atoms. The monoisotopic (exact) mass is 423 g/mol. The normalized spacial score (nSPS) is 10.7. The second-order valence-corrected chi connectivity index (χ2v) is 7.18. The summed E-state index contributed by atoms with van der Waals surface area (Å²) in [4.78, 5) is 28.0. The molecule has 0 aliphatic heterocycles. The van der Waals surface area contributed by atoms with E-state index in [9.17, 15) is 19.3 Å². The van der Waals surface area contributed by atoms with Crippen molar-refractivity contribution in [1.82, 2.24) is 20.1 Å². The quantitative estimate of drug-likeness (QED) is 0.373. The number of nitrogens with zero attached hydrogens (tertiary/aromatic N) is 4. The third-order valence-electron chi connectivity index (χ3n) is 4.20. The number of amides is 1. The number of nitro groups is 1. The van der Waals surface area contributed by atoms with Gasteiger partial charge in [-0.25, -0.2) is 14.1 Å². The second-order valence-electron chi connectivity index (χ2n) is 6.23. The molecule has 0 radical (unpaired) electrons. The summed E-state index contributed by atoms with van der Waals surface area (Å²) in [5.41, 5.74) is 1.11. The van der Waals surface area contributed by atoms with Gasteiger partial charge in [0, 0.05) is 18.7 Å². The van der Waals surface area contributed by atoms with Gasteiger partial charge in [-0.3, -0.25) is 14.9 Å². The van der Waals surface area contributed by atoms with Crippen LogP contribution in [0.4, 0.5) is 10.1 Å². The Kier molecular flexibility index (Phi) is 5.31. The molecule has 4 aromatic rings. The first kappa shape index (κ1) is 19.4. The van der Waals surface area contributed by atoms with Crippen molar-refractivity contribution in [3.8, 4) is 16.4 Å². The molecule has 0 fully saturated rings. The summed E-state index contributed by atoms with van der Waals surface area (Å²) in [5, 5.41) is 19.6. The van der Waals surface area contributed by atoms with Gasteiger partial charge in [0.25, 0.3) is 11.6 Å². The minimum atomic E-state index is -0.513. The Morgan fingerprint density at radius 1 is 1.17 bits per heavy atom. The Balaban J connectivity index is 1.58. The third-order valence-corrected chi connectivity index (χ3v) is 5.07. The molecule has 2 heterocycles. The van der Waals surface area contributed by atoms with Crippen molar-refractivity contribution in [2.75, 3.05) is 0 Å². The van der Waals surface area contributed by atoms with Crippen LogP contribution in [-0.4, -0.2) is 25.6 Å². The Bertz CT molecular complexity index is 1210. The van der Waals surface area contributed by atoms with E-state index >= 15 is 0 Å². The summed E-state index contributed by atoms with van der Waals surface area (Å²) in [7, 11) is 0. The molecule has 0 spiro atoms. The molecule has 10 heteroatoms. The van der Waals surface area contributed by atoms with Crippen molar-refractivity contribution in [1.29, 1.82) is 0 Å². The number of non-ortho nitro benzene ring substituents is 1. The number of halogens is 1. The van der Waals surface area contributed by atoms with E-state index in [1.165, 1.54) is 40.3 Å². The summed E-state index contributed by atoms with van der Waals surface area (Å²) in [6.45, 7) is 0.152. The summed E-state index contributed by atoms with van der Waals surface area (Å²) in [6, 6.07) is 15.4. The number of aromatic nitrogens is 3. The molecule has 150 valence electrons. The third kappa shape index (κ3) is 4.08. The van der Waals surface area contributed by atoms with Gasteiger partial charge in [-0.2, -0.15) is 0 Å². The number of benzene rings is 2. The number of carbonyl (C=O) groups is 1. The fourth-order valence-electron chi connectivity index (χ4n) is 2.76.